The van der Waals surface area contributed by atoms with Gasteiger partial charge >= 0.3 is 0 Å². The molecule has 1 amide bonds. The second-order valence-corrected chi connectivity index (χ2v) is 5.15. The highest BCUT2D eigenvalue weighted by Crippen LogP contribution is 2.20. The predicted molar refractivity (Wildman–Crippen MR) is 67.1 cm³/mol. The molecule has 0 saturated heterocycles. The molecule has 0 radical (unpaired) electrons. The van der Waals surface area contributed by atoms with Crippen LogP contribution in [0.2, 0.25) is 0 Å². The molecule has 16 heavy (non-hydrogen) atoms. The lowest BCUT2D eigenvalue weighted by Gasteiger charge is -2.02. The quantitative estimate of drug-likeness (QED) is 0.751. The minimum Gasteiger partial charge on any atom is -0.396 e. The number of amides is 1. The fourth-order valence-electron chi connectivity index (χ4n) is 1.39. The highest BCUT2D eigenvalue weighted by Gasteiger charge is 2.09. The van der Waals surface area contributed by atoms with Crippen molar-refractivity contribution in [3.8, 4) is 0 Å². The summed E-state index contributed by atoms with van der Waals surface area (Å²) in [5.41, 5.74) is 1.18. The number of hydrogen-bond acceptors (Lipinski definition) is 3. The summed E-state index contributed by atoms with van der Waals surface area (Å²) in [6, 6.07) is 1.93. The van der Waals surface area contributed by atoms with Gasteiger partial charge in [0.1, 0.15) is 0 Å². The van der Waals surface area contributed by atoms with Crippen LogP contribution in [0.25, 0.3) is 0 Å². The molecule has 0 aliphatic rings. The number of carbonyl (C=O) groups is 1. The Morgan fingerprint density at radius 2 is 2.12 bits per heavy atom. The van der Waals surface area contributed by atoms with E-state index >= 15 is 0 Å². The van der Waals surface area contributed by atoms with E-state index in [-0.39, 0.29) is 12.5 Å². The summed E-state index contributed by atoms with van der Waals surface area (Å²) in [4.78, 5) is 13.7. The van der Waals surface area contributed by atoms with Gasteiger partial charge in [-0.15, -0.1) is 11.3 Å². The smallest absolute Gasteiger partial charge is 0.261 e. The summed E-state index contributed by atoms with van der Waals surface area (Å²) in [6.07, 6.45) is 2.70. The van der Waals surface area contributed by atoms with Crippen molar-refractivity contribution in [1.82, 2.24) is 5.32 Å². The molecule has 0 bridgehead atoms. The lowest BCUT2D eigenvalue weighted by Crippen LogP contribution is -2.23. The van der Waals surface area contributed by atoms with E-state index in [0.717, 1.165) is 24.1 Å². The molecular weight excluding hydrogens is 222 g/mol. The molecule has 2 N–H and O–H groups in total. The van der Waals surface area contributed by atoms with Gasteiger partial charge in [0.15, 0.2) is 0 Å². The van der Waals surface area contributed by atoms with Crippen LogP contribution in [-0.4, -0.2) is 24.2 Å². The van der Waals surface area contributed by atoms with Gasteiger partial charge < -0.3 is 10.4 Å². The molecule has 0 fully saturated rings. The zero-order chi connectivity index (χ0) is 12.0. The van der Waals surface area contributed by atoms with E-state index in [4.69, 9.17) is 5.11 Å². The fraction of sp³-hybridized carbons (Fsp3) is 0.583. The maximum absolute atomic E-state index is 11.7. The third kappa shape index (κ3) is 3.94. The van der Waals surface area contributed by atoms with Crippen LogP contribution in [0.4, 0.5) is 0 Å². The number of carbonyl (C=O) groups excluding carboxylic acids is 1. The molecule has 1 heterocycles. The Morgan fingerprint density at radius 1 is 1.38 bits per heavy atom. The standard InChI is InChI=1S/C12H19NO2S/c1-9-8-11(16-10(9)2)12(15)13-6-4-3-5-7-14/h8,14H,3-7H2,1-2H3,(H,13,15). The van der Waals surface area contributed by atoms with Gasteiger partial charge in [0.2, 0.25) is 0 Å². The van der Waals surface area contributed by atoms with E-state index in [9.17, 15) is 4.79 Å². The average molecular weight is 241 g/mol. The largest absolute Gasteiger partial charge is 0.396 e. The van der Waals surface area contributed by atoms with Crippen molar-refractivity contribution >= 4 is 17.2 Å². The van der Waals surface area contributed by atoms with Crippen molar-refractivity contribution < 1.29 is 9.90 Å². The molecule has 1 aromatic heterocycles. The molecule has 0 aromatic carbocycles. The van der Waals surface area contributed by atoms with Gasteiger partial charge in [0.05, 0.1) is 4.88 Å². The van der Waals surface area contributed by atoms with E-state index < -0.39 is 0 Å². The molecule has 0 aliphatic heterocycles. The molecule has 0 saturated carbocycles. The lowest BCUT2D eigenvalue weighted by atomic mass is 10.2. The maximum Gasteiger partial charge on any atom is 0.261 e. The van der Waals surface area contributed by atoms with Crippen LogP contribution in [0.1, 0.15) is 39.4 Å². The number of hydrogen-bond donors (Lipinski definition) is 2. The van der Waals surface area contributed by atoms with Gasteiger partial charge in [-0.1, -0.05) is 0 Å². The van der Waals surface area contributed by atoms with Crippen LogP contribution in [0.15, 0.2) is 6.07 Å². The van der Waals surface area contributed by atoms with E-state index in [0.29, 0.717) is 6.54 Å². The van der Waals surface area contributed by atoms with Crippen LogP contribution in [0.3, 0.4) is 0 Å². The first-order chi connectivity index (χ1) is 7.65. The summed E-state index contributed by atoms with van der Waals surface area (Å²) >= 11 is 1.54. The molecule has 1 rings (SSSR count). The number of rotatable bonds is 6. The van der Waals surface area contributed by atoms with Gasteiger partial charge in [0, 0.05) is 18.0 Å². The third-order valence-corrected chi connectivity index (χ3v) is 3.66. The molecular formula is C12H19NO2S. The summed E-state index contributed by atoms with van der Waals surface area (Å²) in [5.74, 6) is 0.0187. The monoisotopic (exact) mass is 241 g/mol. The summed E-state index contributed by atoms with van der Waals surface area (Å²) in [7, 11) is 0. The molecule has 0 spiro atoms. The summed E-state index contributed by atoms with van der Waals surface area (Å²) < 4.78 is 0. The van der Waals surface area contributed by atoms with Gasteiger partial charge in [-0.3, -0.25) is 4.79 Å². The van der Waals surface area contributed by atoms with Gasteiger partial charge in [-0.05, 0) is 44.7 Å². The van der Waals surface area contributed by atoms with Crippen LogP contribution < -0.4 is 5.32 Å². The summed E-state index contributed by atoms with van der Waals surface area (Å²) in [5, 5.41) is 11.5. The Bertz CT molecular complexity index is 327. The number of aliphatic hydroxyl groups is 1. The molecule has 0 unspecified atom stereocenters. The Kier molecular flexibility index (Phi) is 5.49. The first kappa shape index (κ1) is 13.2. The highest BCUT2D eigenvalue weighted by atomic mass is 32.1. The first-order valence-electron chi connectivity index (χ1n) is 5.61. The number of thiophene rings is 1. The Hall–Kier alpha value is -0.870. The Labute approximate surface area is 100 Å². The molecule has 1 aromatic rings. The topological polar surface area (TPSA) is 49.3 Å². The van der Waals surface area contributed by atoms with E-state index in [1.165, 1.54) is 21.8 Å². The van der Waals surface area contributed by atoms with Crippen molar-refractivity contribution in [1.29, 1.82) is 0 Å². The first-order valence-corrected chi connectivity index (χ1v) is 6.43. The number of aryl methyl sites for hydroxylation is 2. The second kappa shape index (κ2) is 6.66. The minimum absolute atomic E-state index is 0.0187. The van der Waals surface area contributed by atoms with E-state index in [2.05, 4.69) is 5.32 Å². The van der Waals surface area contributed by atoms with Crippen molar-refractivity contribution in [2.45, 2.75) is 33.1 Å². The number of aliphatic hydroxyl groups excluding tert-OH is 1. The summed E-state index contributed by atoms with van der Waals surface area (Å²) in [6.45, 7) is 4.97. The van der Waals surface area contributed by atoms with Crippen molar-refractivity contribution in [3.63, 3.8) is 0 Å². The van der Waals surface area contributed by atoms with Gasteiger partial charge in [-0.2, -0.15) is 0 Å². The second-order valence-electron chi connectivity index (χ2n) is 3.89. The highest BCUT2D eigenvalue weighted by molar-refractivity contribution is 7.14. The number of nitrogens with one attached hydrogen (secondary N) is 1. The number of unbranched alkanes of at least 4 members (excludes halogenated alkanes) is 2. The zero-order valence-corrected chi connectivity index (χ0v) is 10.7. The molecule has 4 heteroatoms. The minimum atomic E-state index is 0.0187. The Morgan fingerprint density at radius 3 is 2.69 bits per heavy atom. The SMILES string of the molecule is Cc1cc(C(=O)NCCCCCO)sc1C. The fourth-order valence-corrected chi connectivity index (χ4v) is 2.34. The van der Waals surface area contributed by atoms with Crippen LogP contribution >= 0.6 is 11.3 Å². The molecule has 90 valence electrons. The van der Waals surface area contributed by atoms with Gasteiger partial charge in [-0.25, -0.2) is 0 Å². The van der Waals surface area contributed by atoms with Crippen LogP contribution in [0, 0.1) is 13.8 Å². The maximum atomic E-state index is 11.7. The third-order valence-electron chi connectivity index (χ3n) is 2.51. The Balaban J connectivity index is 2.30. The van der Waals surface area contributed by atoms with E-state index in [1.807, 2.05) is 19.9 Å². The average Bonchev–Trinajstić information content (AvgIpc) is 2.59. The normalized spacial score (nSPS) is 10.4. The van der Waals surface area contributed by atoms with Crippen molar-refractivity contribution in [2.24, 2.45) is 0 Å². The predicted octanol–water partition coefficient (Wildman–Crippen LogP) is 2.26. The van der Waals surface area contributed by atoms with Crippen LogP contribution in [-0.2, 0) is 0 Å². The molecule has 0 aliphatic carbocycles. The van der Waals surface area contributed by atoms with E-state index in [1.54, 1.807) is 0 Å². The molecule has 0 atom stereocenters. The lowest BCUT2D eigenvalue weighted by molar-refractivity contribution is 0.0957. The van der Waals surface area contributed by atoms with Gasteiger partial charge in [0.25, 0.3) is 5.91 Å². The zero-order valence-electron chi connectivity index (χ0n) is 9.88. The van der Waals surface area contributed by atoms with Crippen molar-refractivity contribution in [3.05, 3.63) is 21.4 Å². The molecule has 3 nitrogen and oxygen atoms in total. The van der Waals surface area contributed by atoms with Crippen molar-refractivity contribution in [2.75, 3.05) is 13.2 Å². The van der Waals surface area contributed by atoms with Crippen LogP contribution in [0.5, 0.6) is 0 Å².